The second-order valence-corrected chi connectivity index (χ2v) is 4.76. The Morgan fingerprint density at radius 1 is 1.26 bits per heavy atom. The summed E-state index contributed by atoms with van der Waals surface area (Å²) < 4.78 is 10.7. The van der Waals surface area contributed by atoms with Gasteiger partial charge in [0.1, 0.15) is 0 Å². The van der Waals surface area contributed by atoms with Crippen molar-refractivity contribution >= 4 is 5.57 Å². The third-order valence-electron chi connectivity index (χ3n) is 3.58. The molecule has 1 aromatic carbocycles. The highest BCUT2D eigenvalue weighted by molar-refractivity contribution is 5.69. The first-order chi connectivity index (χ1) is 9.36. The van der Waals surface area contributed by atoms with Crippen LogP contribution in [0.15, 0.2) is 24.3 Å². The van der Waals surface area contributed by atoms with Crippen LogP contribution in [0.3, 0.4) is 0 Å². The summed E-state index contributed by atoms with van der Waals surface area (Å²) in [5, 5.41) is 8.60. The van der Waals surface area contributed by atoms with E-state index in [9.17, 15) is 0 Å². The van der Waals surface area contributed by atoms with Gasteiger partial charge in [0.25, 0.3) is 0 Å². The van der Waals surface area contributed by atoms with E-state index in [-0.39, 0.29) is 0 Å². The number of fused-ring (bicyclic) bond motifs is 1. The van der Waals surface area contributed by atoms with Crippen LogP contribution in [0.25, 0.3) is 5.57 Å². The van der Waals surface area contributed by atoms with E-state index in [2.05, 4.69) is 29.2 Å². The number of hydrogen-bond donors (Lipinski definition) is 0. The summed E-state index contributed by atoms with van der Waals surface area (Å²) >= 11 is 0. The molecule has 0 unspecified atom stereocenters. The maximum atomic E-state index is 8.60. The predicted molar refractivity (Wildman–Crippen MR) is 71.8 cm³/mol. The van der Waals surface area contributed by atoms with Crippen LogP contribution in [0.5, 0.6) is 11.5 Å². The fraction of sp³-hybridized carbons (Fsp3) is 0.400. The van der Waals surface area contributed by atoms with Crippen molar-refractivity contribution in [2.45, 2.75) is 12.8 Å². The van der Waals surface area contributed by atoms with E-state index in [4.69, 9.17) is 14.7 Å². The lowest BCUT2D eigenvalue weighted by Crippen LogP contribution is -2.29. The van der Waals surface area contributed by atoms with E-state index in [1.807, 2.05) is 6.07 Å². The van der Waals surface area contributed by atoms with Gasteiger partial charge in [0.15, 0.2) is 11.5 Å². The van der Waals surface area contributed by atoms with Gasteiger partial charge in [-0.25, -0.2) is 0 Å². The van der Waals surface area contributed by atoms with E-state index in [1.165, 1.54) is 11.1 Å². The van der Waals surface area contributed by atoms with Crippen molar-refractivity contribution in [3.8, 4) is 17.6 Å². The zero-order valence-corrected chi connectivity index (χ0v) is 10.8. The average Bonchev–Trinajstić information content (AvgIpc) is 2.93. The largest absolute Gasteiger partial charge is 0.454 e. The van der Waals surface area contributed by atoms with Crippen molar-refractivity contribution < 1.29 is 9.47 Å². The van der Waals surface area contributed by atoms with E-state index >= 15 is 0 Å². The number of nitriles is 1. The smallest absolute Gasteiger partial charge is 0.231 e. The van der Waals surface area contributed by atoms with Gasteiger partial charge in [-0.15, -0.1) is 0 Å². The van der Waals surface area contributed by atoms with Crippen LogP contribution in [-0.2, 0) is 0 Å². The molecular weight excluding hydrogens is 240 g/mol. The summed E-state index contributed by atoms with van der Waals surface area (Å²) in [5.74, 6) is 1.67. The molecule has 0 saturated heterocycles. The van der Waals surface area contributed by atoms with Gasteiger partial charge in [-0.1, -0.05) is 12.1 Å². The van der Waals surface area contributed by atoms with Crippen molar-refractivity contribution in [2.75, 3.05) is 26.4 Å². The first kappa shape index (κ1) is 12.1. The standard InChI is InChI=1S/C15H16N2O2/c16-6-1-7-17-8-4-12(5-9-17)13-2-3-14-15(10-13)19-11-18-14/h2-4,10H,1,5,7-9,11H2. The van der Waals surface area contributed by atoms with Crippen LogP contribution in [0.2, 0.25) is 0 Å². The molecule has 0 saturated carbocycles. The minimum absolute atomic E-state index is 0.319. The monoisotopic (exact) mass is 256 g/mol. The van der Waals surface area contributed by atoms with Crippen LogP contribution in [0.1, 0.15) is 18.4 Å². The maximum absolute atomic E-state index is 8.60. The van der Waals surface area contributed by atoms with Gasteiger partial charge < -0.3 is 9.47 Å². The van der Waals surface area contributed by atoms with Crippen molar-refractivity contribution in [3.63, 3.8) is 0 Å². The summed E-state index contributed by atoms with van der Waals surface area (Å²) in [5.41, 5.74) is 2.57. The molecule has 3 rings (SSSR count). The summed E-state index contributed by atoms with van der Waals surface area (Å²) in [6.07, 6.45) is 3.87. The van der Waals surface area contributed by atoms with E-state index in [0.717, 1.165) is 37.6 Å². The summed E-state index contributed by atoms with van der Waals surface area (Å²) in [4.78, 5) is 2.31. The molecule has 19 heavy (non-hydrogen) atoms. The Morgan fingerprint density at radius 3 is 2.95 bits per heavy atom. The Balaban J connectivity index is 1.70. The van der Waals surface area contributed by atoms with Gasteiger partial charge in [0.05, 0.1) is 6.07 Å². The number of rotatable bonds is 3. The van der Waals surface area contributed by atoms with E-state index < -0.39 is 0 Å². The molecule has 0 atom stereocenters. The molecule has 0 aliphatic carbocycles. The first-order valence-corrected chi connectivity index (χ1v) is 6.55. The topological polar surface area (TPSA) is 45.5 Å². The second-order valence-electron chi connectivity index (χ2n) is 4.76. The van der Waals surface area contributed by atoms with E-state index in [0.29, 0.717) is 13.2 Å². The van der Waals surface area contributed by atoms with E-state index in [1.54, 1.807) is 0 Å². The third-order valence-corrected chi connectivity index (χ3v) is 3.58. The molecule has 0 bridgehead atoms. The van der Waals surface area contributed by atoms with Gasteiger partial charge in [-0.3, -0.25) is 4.90 Å². The molecule has 0 aromatic heterocycles. The Hall–Kier alpha value is -1.99. The number of benzene rings is 1. The minimum atomic E-state index is 0.319. The SMILES string of the molecule is N#CCCN1CC=C(c2ccc3c(c2)OCO3)CC1. The average molecular weight is 256 g/mol. The maximum Gasteiger partial charge on any atom is 0.231 e. The van der Waals surface area contributed by atoms with Gasteiger partial charge >= 0.3 is 0 Å². The lowest BCUT2D eigenvalue weighted by Gasteiger charge is -2.25. The zero-order chi connectivity index (χ0) is 13.1. The first-order valence-electron chi connectivity index (χ1n) is 6.55. The normalized spacial score (nSPS) is 17.9. The van der Waals surface area contributed by atoms with Gasteiger partial charge in [0, 0.05) is 26.1 Å². The van der Waals surface area contributed by atoms with Crippen LogP contribution in [0, 0.1) is 11.3 Å². The molecule has 4 heteroatoms. The van der Waals surface area contributed by atoms with Crippen LogP contribution in [-0.4, -0.2) is 31.3 Å². The molecule has 0 spiro atoms. The predicted octanol–water partition coefficient (Wildman–Crippen LogP) is 2.42. The lowest BCUT2D eigenvalue weighted by molar-refractivity contribution is 0.174. The van der Waals surface area contributed by atoms with Crippen LogP contribution in [0.4, 0.5) is 0 Å². The summed E-state index contributed by atoms with van der Waals surface area (Å²) in [6.45, 7) is 3.12. The quantitative estimate of drug-likeness (QED) is 0.833. The van der Waals surface area contributed by atoms with Crippen molar-refractivity contribution in [1.82, 2.24) is 4.90 Å². The molecule has 2 aliphatic rings. The molecule has 2 heterocycles. The number of hydrogen-bond acceptors (Lipinski definition) is 4. The van der Waals surface area contributed by atoms with Gasteiger partial charge in [-0.05, 0) is 29.7 Å². The molecule has 0 N–H and O–H groups in total. The van der Waals surface area contributed by atoms with Crippen LogP contribution >= 0.6 is 0 Å². The Kier molecular flexibility index (Phi) is 3.39. The highest BCUT2D eigenvalue weighted by atomic mass is 16.7. The highest BCUT2D eigenvalue weighted by Gasteiger charge is 2.17. The van der Waals surface area contributed by atoms with Gasteiger partial charge in [-0.2, -0.15) is 5.26 Å². The second kappa shape index (κ2) is 5.33. The highest BCUT2D eigenvalue weighted by Crippen LogP contribution is 2.35. The molecule has 0 fully saturated rings. The summed E-state index contributed by atoms with van der Waals surface area (Å²) in [6, 6.07) is 8.31. The third kappa shape index (κ3) is 2.56. The molecule has 1 aromatic rings. The molecule has 0 amide bonds. The zero-order valence-electron chi connectivity index (χ0n) is 10.8. The molecule has 0 radical (unpaired) electrons. The Bertz CT molecular complexity index is 546. The molecule has 4 nitrogen and oxygen atoms in total. The fourth-order valence-electron chi connectivity index (χ4n) is 2.48. The minimum Gasteiger partial charge on any atom is -0.454 e. The van der Waals surface area contributed by atoms with Gasteiger partial charge in [0.2, 0.25) is 6.79 Å². The molecule has 2 aliphatic heterocycles. The molecular formula is C15H16N2O2. The van der Waals surface area contributed by atoms with Crippen molar-refractivity contribution in [3.05, 3.63) is 29.8 Å². The number of ether oxygens (including phenoxy) is 2. The number of nitrogens with zero attached hydrogens (tertiary/aromatic N) is 2. The fourth-order valence-corrected chi connectivity index (χ4v) is 2.48. The van der Waals surface area contributed by atoms with Crippen molar-refractivity contribution in [2.24, 2.45) is 0 Å². The Labute approximate surface area is 112 Å². The molecule has 98 valence electrons. The summed E-state index contributed by atoms with van der Waals surface area (Å²) in [7, 11) is 0. The Morgan fingerprint density at radius 2 is 2.16 bits per heavy atom. The van der Waals surface area contributed by atoms with Crippen molar-refractivity contribution in [1.29, 1.82) is 5.26 Å². The lowest BCUT2D eigenvalue weighted by atomic mass is 9.99. The van der Waals surface area contributed by atoms with Crippen LogP contribution < -0.4 is 9.47 Å².